The van der Waals surface area contributed by atoms with Crippen molar-refractivity contribution in [3.63, 3.8) is 0 Å². The average Bonchev–Trinajstić information content (AvgIpc) is 2.77. The molecule has 2 aromatic rings. The highest BCUT2D eigenvalue weighted by Crippen LogP contribution is 2.29. The standard InChI is InChI=1S/C24H26BrNO3/c1-29-23(27)15-12-18-6-5-9-22(16-18)26(17-19-10-13-21(25)14-11-19)24(28)20-7-3-2-4-8-20/h5-6,9-16,20H,2-4,7-8,17H2,1H3/b15-12+. The van der Waals surface area contributed by atoms with Gasteiger partial charge in [0.2, 0.25) is 5.91 Å². The Balaban J connectivity index is 1.89. The first-order valence-electron chi connectivity index (χ1n) is 9.99. The first kappa shape index (κ1) is 21.3. The lowest BCUT2D eigenvalue weighted by Gasteiger charge is -2.30. The molecule has 2 aromatic carbocycles. The second kappa shape index (κ2) is 10.4. The van der Waals surface area contributed by atoms with Gasteiger partial charge < -0.3 is 9.64 Å². The summed E-state index contributed by atoms with van der Waals surface area (Å²) in [6.45, 7) is 0.521. The van der Waals surface area contributed by atoms with E-state index in [1.807, 2.05) is 53.4 Å². The van der Waals surface area contributed by atoms with Crippen molar-refractivity contribution < 1.29 is 14.3 Å². The Kier molecular flexibility index (Phi) is 7.64. The predicted molar refractivity (Wildman–Crippen MR) is 119 cm³/mol. The number of rotatable bonds is 6. The summed E-state index contributed by atoms with van der Waals surface area (Å²) >= 11 is 3.47. The lowest BCUT2D eigenvalue weighted by Crippen LogP contribution is -2.36. The van der Waals surface area contributed by atoms with Crippen LogP contribution in [0.25, 0.3) is 6.08 Å². The topological polar surface area (TPSA) is 46.6 Å². The number of nitrogens with zero attached hydrogens (tertiary/aromatic N) is 1. The van der Waals surface area contributed by atoms with E-state index in [1.54, 1.807) is 6.08 Å². The summed E-state index contributed by atoms with van der Waals surface area (Å²) in [6.07, 6.45) is 8.45. The second-order valence-electron chi connectivity index (χ2n) is 7.34. The van der Waals surface area contributed by atoms with Crippen LogP contribution in [0.1, 0.15) is 43.2 Å². The van der Waals surface area contributed by atoms with Crippen molar-refractivity contribution in [3.8, 4) is 0 Å². The molecular weight excluding hydrogens is 430 g/mol. The molecule has 0 atom stereocenters. The second-order valence-corrected chi connectivity index (χ2v) is 8.25. The Morgan fingerprint density at radius 2 is 1.83 bits per heavy atom. The smallest absolute Gasteiger partial charge is 0.330 e. The number of ether oxygens (including phenoxy) is 1. The molecule has 1 saturated carbocycles. The van der Waals surface area contributed by atoms with E-state index in [4.69, 9.17) is 0 Å². The highest BCUT2D eigenvalue weighted by Gasteiger charge is 2.27. The van der Waals surface area contributed by atoms with Crippen LogP contribution in [0.5, 0.6) is 0 Å². The van der Waals surface area contributed by atoms with Crippen molar-refractivity contribution in [1.29, 1.82) is 0 Å². The van der Waals surface area contributed by atoms with Crippen molar-refractivity contribution in [1.82, 2.24) is 0 Å². The van der Waals surface area contributed by atoms with Gasteiger partial charge in [0.25, 0.3) is 0 Å². The van der Waals surface area contributed by atoms with E-state index in [2.05, 4.69) is 20.7 Å². The SMILES string of the molecule is COC(=O)/C=C/c1cccc(N(Cc2ccc(Br)cc2)C(=O)C2CCCCC2)c1. The Morgan fingerprint density at radius 3 is 2.52 bits per heavy atom. The molecule has 0 spiro atoms. The summed E-state index contributed by atoms with van der Waals surface area (Å²) in [5.74, 6) is -0.143. The molecule has 0 saturated heterocycles. The number of esters is 1. The molecule has 1 fully saturated rings. The van der Waals surface area contributed by atoms with Gasteiger partial charge in [0.05, 0.1) is 13.7 Å². The van der Waals surface area contributed by atoms with Crippen molar-refractivity contribution in [2.45, 2.75) is 38.6 Å². The average molecular weight is 456 g/mol. The molecule has 1 aliphatic rings. The Bertz CT molecular complexity index is 870. The predicted octanol–water partition coefficient (Wildman–Crippen LogP) is 5.75. The molecular formula is C24H26BrNO3. The van der Waals surface area contributed by atoms with E-state index in [0.717, 1.165) is 47.0 Å². The first-order chi connectivity index (χ1) is 14.1. The molecule has 152 valence electrons. The number of amides is 1. The molecule has 0 radical (unpaired) electrons. The number of carbonyl (C=O) groups is 2. The molecule has 0 heterocycles. The van der Waals surface area contributed by atoms with Crippen LogP contribution in [0.15, 0.2) is 59.1 Å². The molecule has 3 rings (SSSR count). The van der Waals surface area contributed by atoms with Crippen LogP contribution in [0, 0.1) is 5.92 Å². The molecule has 0 aromatic heterocycles. The molecule has 1 amide bonds. The summed E-state index contributed by atoms with van der Waals surface area (Å²) in [6, 6.07) is 15.8. The number of hydrogen-bond donors (Lipinski definition) is 0. The molecule has 5 heteroatoms. The van der Waals surface area contributed by atoms with Crippen LogP contribution in [0.4, 0.5) is 5.69 Å². The van der Waals surface area contributed by atoms with Gasteiger partial charge in [0.15, 0.2) is 0 Å². The summed E-state index contributed by atoms with van der Waals surface area (Å²) < 4.78 is 5.68. The Hall–Kier alpha value is -2.40. The van der Waals surface area contributed by atoms with Gasteiger partial charge in [-0.3, -0.25) is 4.79 Å². The maximum Gasteiger partial charge on any atom is 0.330 e. The molecule has 4 nitrogen and oxygen atoms in total. The molecule has 29 heavy (non-hydrogen) atoms. The number of halogens is 1. The van der Waals surface area contributed by atoms with Crippen molar-refractivity contribution >= 4 is 39.6 Å². The highest BCUT2D eigenvalue weighted by atomic mass is 79.9. The van der Waals surface area contributed by atoms with Crippen molar-refractivity contribution in [3.05, 3.63) is 70.2 Å². The van der Waals surface area contributed by atoms with E-state index < -0.39 is 5.97 Å². The van der Waals surface area contributed by atoms with Gasteiger partial charge in [-0.15, -0.1) is 0 Å². The third-order valence-electron chi connectivity index (χ3n) is 5.27. The maximum absolute atomic E-state index is 13.4. The number of hydrogen-bond acceptors (Lipinski definition) is 3. The molecule has 1 aliphatic carbocycles. The van der Waals surface area contributed by atoms with Crippen molar-refractivity contribution in [2.75, 3.05) is 12.0 Å². The zero-order valence-electron chi connectivity index (χ0n) is 16.6. The van der Waals surface area contributed by atoms with E-state index in [1.165, 1.54) is 19.6 Å². The number of anilines is 1. The normalized spacial score (nSPS) is 14.7. The fourth-order valence-corrected chi connectivity index (χ4v) is 3.93. The fraction of sp³-hybridized carbons (Fsp3) is 0.333. The summed E-state index contributed by atoms with van der Waals surface area (Å²) in [5.41, 5.74) is 2.77. The highest BCUT2D eigenvalue weighted by molar-refractivity contribution is 9.10. The van der Waals surface area contributed by atoms with Crippen LogP contribution in [0.2, 0.25) is 0 Å². The van der Waals surface area contributed by atoms with Crippen LogP contribution in [0.3, 0.4) is 0 Å². The third-order valence-corrected chi connectivity index (χ3v) is 5.80. The quantitative estimate of drug-likeness (QED) is 0.411. The first-order valence-corrected chi connectivity index (χ1v) is 10.8. The van der Waals surface area contributed by atoms with Gasteiger partial charge in [0, 0.05) is 22.2 Å². The number of benzene rings is 2. The minimum absolute atomic E-state index is 0.0773. The van der Waals surface area contributed by atoms with Gasteiger partial charge in [-0.05, 0) is 54.3 Å². The van der Waals surface area contributed by atoms with Gasteiger partial charge >= 0.3 is 5.97 Å². The maximum atomic E-state index is 13.4. The van der Waals surface area contributed by atoms with Gasteiger partial charge in [-0.2, -0.15) is 0 Å². The zero-order chi connectivity index (χ0) is 20.6. The van der Waals surface area contributed by atoms with Gasteiger partial charge in [0.1, 0.15) is 0 Å². The third kappa shape index (κ3) is 6.04. The van der Waals surface area contributed by atoms with Crippen LogP contribution in [-0.4, -0.2) is 19.0 Å². The summed E-state index contributed by atoms with van der Waals surface area (Å²) in [7, 11) is 1.35. The minimum atomic E-state index is -0.402. The molecule has 0 N–H and O–H groups in total. The number of carbonyl (C=O) groups excluding carboxylic acids is 2. The lowest BCUT2D eigenvalue weighted by molar-refractivity contribution is -0.134. The van der Waals surface area contributed by atoms with E-state index in [0.29, 0.717) is 6.54 Å². The Labute approximate surface area is 180 Å². The van der Waals surface area contributed by atoms with Crippen LogP contribution >= 0.6 is 15.9 Å². The zero-order valence-corrected chi connectivity index (χ0v) is 18.2. The van der Waals surface area contributed by atoms with E-state index in [9.17, 15) is 9.59 Å². The van der Waals surface area contributed by atoms with E-state index >= 15 is 0 Å². The van der Waals surface area contributed by atoms with Crippen LogP contribution in [-0.2, 0) is 20.9 Å². The summed E-state index contributed by atoms with van der Waals surface area (Å²) in [5, 5.41) is 0. The van der Waals surface area contributed by atoms with Crippen LogP contribution < -0.4 is 4.90 Å². The van der Waals surface area contributed by atoms with E-state index in [-0.39, 0.29) is 11.8 Å². The largest absolute Gasteiger partial charge is 0.466 e. The van der Waals surface area contributed by atoms with Gasteiger partial charge in [-0.1, -0.05) is 59.5 Å². The fourth-order valence-electron chi connectivity index (χ4n) is 3.67. The summed E-state index contributed by atoms with van der Waals surface area (Å²) in [4.78, 5) is 26.7. The lowest BCUT2D eigenvalue weighted by atomic mass is 9.88. The monoisotopic (exact) mass is 455 g/mol. The van der Waals surface area contributed by atoms with Crippen molar-refractivity contribution in [2.24, 2.45) is 5.92 Å². The molecule has 0 bridgehead atoms. The minimum Gasteiger partial charge on any atom is -0.466 e. The molecule has 0 aliphatic heterocycles. The van der Waals surface area contributed by atoms with Gasteiger partial charge in [-0.25, -0.2) is 4.79 Å². The molecule has 0 unspecified atom stereocenters. The number of methoxy groups -OCH3 is 1. The Morgan fingerprint density at radius 1 is 1.10 bits per heavy atom.